The van der Waals surface area contributed by atoms with E-state index in [-0.39, 0.29) is 0 Å². The molecule has 43 heavy (non-hydrogen) atoms. The minimum Gasteiger partial charge on any atom is -0.449 e. The Balaban J connectivity index is 1.07. The topological polar surface area (TPSA) is 88.1 Å². The standard InChI is InChI=1S/C36H18O7/c1-2-7-27-24(6-1)32-30(17-38-35(32)42-27)40-31-18-39-36-33(31)26-16-22(9-11-29(26)43-36)20-5-3-4-19(14-20)21-8-10-28-25(15-21)23-12-13-37-34(23)41-28/h1-18H. The molecule has 4 aromatic carbocycles. The lowest BCUT2D eigenvalue weighted by Gasteiger charge is -2.07. The molecule has 0 saturated carbocycles. The Morgan fingerprint density at radius 2 is 1.02 bits per heavy atom. The maximum absolute atomic E-state index is 6.37. The van der Waals surface area contributed by atoms with Gasteiger partial charge >= 0.3 is 11.6 Å². The van der Waals surface area contributed by atoms with Gasteiger partial charge in [0.2, 0.25) is 0 Å². The van der Waals surface area contributed by atoms with Crippen molar-refractivity contribution in [2.75, 3.05) is 0 Å². The molecule has 0 saturated heterocycles. The van der Waals surface area contributed by atoms with Crippen LogP contribution in [0.5, 0.6) is 11.5 Å². The Labute approximate surface area is 241 Å². The Morgan fingerprint density at radius 3 is 1.79 bits per heavy atom. The van der Waals surface area contributed by atoms with E-state index < -0.39 is 0 Å². The van der Waals surface area contributed by atoms with Crippen molar-refractivity contribution in [1.82, 2.24) is 0 Å². The van der Waals surface area contributed by atoms with Crippen LogP contribution in [0.25, 0.3) is 88.7 Å². The summed E-state index contributed by atoms with van der Waals surface area (Å²) in [6.07, 6.45) is 4.76. The summed E-state index contributed by atoms with van der Waals surface area (Å²) in [5.41, 5.74) is 6.55. The fourth-order valence-corrected chi connectivity index (χ4v) is 6.07. The first-order valence-electron chi connectivity index (χ1n) is 13.8. The third-order valence-corrected chi connectivity index (χ3v) is 8.11. The molecule has 0 fully saturated rings. The highest BCUT2D eigenvalue weighted by atomic mass is 16.5. The third-order valence-electron chi connectivity index (χ3n) is 8.11. The summed E-state index contributed by atoms with van der Waals surface area (Å²) in [6.45, 7) is 0. The zero-order chi connectivity index (χ0) is 28.1. The number of hydrogen-bond donors (Lipinski definition) is 0. The molecule has 0 spiro atoms. The maximum atomic E-state index is 6.37. The highest BCUT2D eigenvalue weighted by Gasteiger charge is 2.22. The van der Waals surface area contributed by atoms with Gasteiger partial charge < -0.3 is 31.2 Å². The molecule has 0 radical (unpaired) electrons. The van der Waals surface area contributed by atoms with Crippen molar-refractivity contribution in [3.8, 4) is 33.8 Å². The van der Waals surface area contributed by atoms with Crippen molar-refractivity contribution in [3.05, 3.63) is 110 Å². The van der Waals surface area contributed by atoms with Crippen molar-refractivity contribution < 1.29 is 31.2 Å². The van der Waals surface area contributed by atoms with E-state index in [9.17, 15) is 0 Å². The minimum atomic E-state index is 0.395. The van der Waals surface area contributed by atoms with Crippen LogP contribution < -0.4 is 4.74 Å². The van der Waals surface area contributed by atoms with Gasteiger partial charge in [-0.1, -0.05) is 48.5 Å². The Morgan fingerprint density at radius 1 is 0.419 bits per heavy atom. The second kappa shape index (κ2) is 8.24. The van der Waals surface area contributed by atoms with Crippen LogP contribution in [0, 0.1) is 0 Å². The lowest BCUT2D eigenvalue weighted by Crippen LogP contribution is -1.83. The summed E-state index contributed by atoms with van der Waals surface area (Å²) in [5.74, 6) is 2.43. The van der Waals surface area contributed by atoms with E-state index in [1.807, 2.05) is 42.5 Å². The van der Waals surface area contributed by atoms with Gasteiger partial charge in [0.1, 0.15) is 40.0 Å². The predicted molar refractivity (Wildman–Crippen MR) is 162 cm³/mol. The van der Waals surface area contributed by atoms with Gasteiger partial charge in [-0.15, -0.1) is 0 Å². The number of rotatable bonds is 4. The maximum Gasteiger partial charge on any atom is 0.302 e. The summed E-state index contributed by atoms with van der Waals surface area (Å²) >= 11 is 0. The lowest BCUT2D eigenvalue weighted by molar-refractivity contribution is 0.446. The number of hydrogen-bond acceptors (Lipinski definition) is 7. The molecule has 6 heterocycles. The minimum absolute atomic E-state index is 0.395. The molecule has 7 nitrogen and oxygen atoms in total. The van der Waals surface area contributed by atoms with Crippen LogP contribution in [-0.2, 0) is 0 Å². The van der Waals surface area contributed by atoms with Crippen LogP contribution in [0.2, 0.25) is 0 Å². The van der Waals surface area contributed by atoms with Crippen molar-refractivity contribution in [1.29, 1.82) is 0 Å². The largest absolute Gasteiger partial charge is 0.449 e. The van der Waals surface area contributed by atoms with Crippen molar-refractivity contribution in [3.63, 3.8) is 0 Å². The summed E-state index contributed by atoms with van der Waals surface area (Å²) in [4.78, 5) is 0. The van der Waals surface area contributed by atoms with Crippen LogP contribution in [-0.4, -0.2) is 0 Å². The molecular weight excluding hydrogens is 544 g/mol. The second-order valence-electron chi connectivity index (χ2n) is 10.6. The molecule has 0 atom stereocenters. The molecule has 7 heteroatoms. The van der Waals surface area contributed by atoms with Gasteiger partial charge in [-0.3, -0.25) is 0 Å². The number of para-hydroxylation sites is 1. The van der Waals surface area contributed by atoms with Gasteiger partial charge in [0.05, 0.1) is 11.6 Å². The molecule has 6 aromatic heterocycles. The highest BCUT2D eigenvalue weighted by molar-refractivity contribution is 6.10. The van der Waals surface area contributed by atoms with Crippen LogP contribution in [0.1, 0.15) is 0 Å². The average Bonchev–Trinajstić information content (AvgIpc) is 3.87. The summed E-state index contributed by atoms with van der Waals surface area (Å²) < 4.78 is 41.0. The summed E-state index contributed by atoms with van der Waals surface area (Å²) in [6, 6.07) is 30.5. The molecular formula is C36H18O7. The number of benzene rings is 4. The third kappa shape index (κ3) is 3.24. The smallest absolute Gasteiger partial charge is 0.302 e. The van der Waals surface area contributed by atoms with Crippen LogP contribution >= 0.6 is 0 Å². The quantitative estimate of drug-likeness (QED) is 0.211. The first-order chi connectivity index (χ1) is 21.3. The van der Waals surface area contributed by atoms with E-state index in [0.29, 0.717) is 34.4 Å². The first kappa shape index (κ1) is 22.6. The van der Waals surface area contributed by atoms with E-state index in [4.69, 9.17) is 31.2 Å². The molecule has 0 amide bonds. The lowest BCUT2D eigenvalue weighted by atomic mass is 9.97. The van der Waals surface area contributed by atoms with Gasteiger partial charge in [0.15, 0.2) is 11.5 Å². The van der Waals surface area contributed by atoms with E-state index in [1.54, 1.807) is 18.8 Å². The molecule has 10 rings (SSSR count). The van der Waals surface area contributed by atoms with Crippen LogP contribution in [0.3, 0.4) is 0 Å². The molecule has 0 aliphatic rings. The van der Waals surface area contributed by atoms with E-state index in [0.717, 1.165) is 65.7 Å². The first-order valence-corrected chi connectivity index (χ1v) is 13.8. The van der Waals surface area contributed by atoms with Gasteiger partial charge in [-0.2, -0.15) is 0 Å². The zero-order valence-corrected chi connectivity index (χ0v) is 22.3. The van der Waals surface area contributed by atoms with Gasteiger partial charge in [-0.05, 0) is 64.7 Å². The van der Waals surface area contributed by atoms with Gasteiger partial charge in [0, 0.05) is 16.2 Å². The van der Waals surface area contributed by atoms with Crippen molar-refractivity contribution >= 4 is 66.4 Å². The van der Waals surface area contributed by atoms with Crippen LogP contribution in [0.15, 0.2) is 136 Å². The second-order valence-corrected chi connectivity index (χ2v) is 10.6. The highest BCUT2D eigenvalue weighted by Crippen LogP contribution is 2.44. The number of fused-ring (bicyclic) bond motifs is 9. The molecule has 0 unspecified atom stereocenters. The monoisotopic (exact) mass is 562 g/mol. The number of furan rings is 6. The van der Waals surface area contributed by atoms with Crippen molar-refractivity contribution in [2.45, 2.75) is 0 Å². The fraction of sp³-hybridized carbons (Fsp3) is 0. The van der Waals surface area contributed by atoms with E-state index in [1.165, 1.54) is 0 Å². The molecule has 0 aliphatic heterocycles. The average molecular weight is 563 g/mol. The molecule has 0 aliphatic carbocycles. The molecule has 10 aromatic rings. The van der Waals surface area contributed by atoms with Crippen LogP contribution in [0.4, 0.5) is 0 Å². The molecule has 0 bridgehead atoms. The van der Waals surface area contributed by atoms with E-state index in [2.05, 4.69) is 48.5 Å². The normalized spacial score (nSPS) is 12.2. The van der Waals surface area contributed by atoms with Gasteiger partial charge in [-0.25, -0.2) is 0 Å². The Bertz CT molecular complexity index is 2660. The zero-order valence-electron chi connectivity index (χ0n) is 22.3. The molecule has 204 valence electrons. The Kier molecular flexibility index (Phi) is 4.33. The Hall–Kier alpha value is -6.08. The molecule has 0 N–H and O–H groups in total. The summed E-state index contributed by atoms with van der Waals surface area (Å²) in [5, 5.41) is 5.33. The van der Waals surface area contributed by atoms with Crippen molar-refractivity contribution in [2.24, 2.45) is 0 Å². The summed E-state index contributed by atoms with van der Waals surface area (Å²) in [7, 11) is 0. The SMILES string of the molecule is c1cc(-c2ccc3oc4occc4c3c2)cc(-c2ccc3oc4occ(Oc5coc6oc7ccccc7c56)c4c3c2)c1. The fourth-order valence-electron chi connectivity index (χ4n) is 6.07. The number of ether oxygens (including phenoxy) is 1. The van der Waals surface area contributed by atoms with Gasteiger partial charge in [0.25, 0.3) is 5.78 Å². The predicted octanol–water partition coefficient (Wildman–Crippen LogP) is 11.3. The van der Waals surface area contributed by atoms with E-state index >= 15 is 0 Å².